The van der Waals surface area contributed by atoms with Gasteiger partial charge in [0.25, 0.3) is 5.92 Å². The van der Waals surface area contributed by atoms with Crippen LogP contribution in [0.15, 0.2) is 36.8 Å². The van der Waals surface area contributed by atoms with Gasteiger partial charge in [0.1, 0.15) is 0 Å². The zero-order valence-electron chi connectivity index (χ0n) is 13.4. The molecule has 0 spiro atoms. The highest BCUT2D eigenvalue weighted by molar-refractivity contribution is 5.79. The molecule has 0 aliphatic carbocycles. The van der Waals surface area contributed by atoms with E-state index < -0.39 is 5.92 Å². The van der Waals surface area contributed by atoms with Crippen LogP contribution in [0, 0.1) is 0 Å². The monoisotopic (exact) mass is 342 g/mol. The van der Waals surface area contributed by atoms with E-state index in [0.717, 1.165) is 30.0 Å². The van der Waals surface area contributed by atoms with Crippen molar-refractivity contribution in [3.8, 4) is 5.82 Å². The topological polar surface area (TPSA) is 50.1 Å². The normalized spacial score (nSPS) is 19.0. The van der Waals surface area contributed by atoms with Crippen LogP contribution in [0.1, 0.15) is 6.42 Å². The lowest BCUT2D eigenvalue weighted by molar-refractivity contribution is -0.0262. The van der Waals surface area contributed by atoms with E-state index in [2.05, 4.69) is 20.0 Å². The average molecular weight is 342 g/mol. The molecular weight excluding hydrogens is 326 g/mol. The first-order chi connectivity index (χ1) is 12.1. The molecule has 8 heteroatoms. The Morgan fingerprint density at radius 3 is 2.56 bits per heavy atom. The molecule has 3 aromatic rings. The predicted octanol–water partition coefficient (Wildman–Crippen LogP) is 2.48. The summed E-state index contributed by atoms with van der Waals surface area (Å²) in [5, 5.41) is 5.27. The zero-order chi connectivity index (χ0) is 17.0. The first kappa shape index (κ1) is 14.6. The Kier molecular flexibility index (Phi) is 2.98. The van der Waals surface area contributed by atoms with E-state index in [-0.39, 0.29) is 13.1 Å². The molecule has 0 unspecified atom stereocenters. The minimum atomic E-state index is -2.60. The standard InChI is InChI=1S/C17H16F2N6/c18-17(19)10-24(11-17)14-6-12-9-25(22-16(12)21-8-14)15-7-13(2-3-20-15)23-4-1-5-23/h2-3,6-9H,1,4-5,10-11H2. The van der Waals surface area contributed by atoms with Crippen molar-refractivity contribution in [1.82, 2.24) is 19.7 Å². The van der Waals surface area contributed by atoms with Crippen LogP contribution in [0.2, 0.25) is 0 Å². The van der Waals surface area contributed by atoms with E-state index in [1.807, 2.05) is 24.4 Å². The summed E-state index contributed by atoms with van der Waals surface area (Å²) in [6.45, 7) is 1.62. The molecule has 0 saturated carbocycles. The van der Waals surface area contributed by atoms with Crippen molar-refractivity contribution < 1.29 is 8.78 Å². The largest absolute Gasteiger partial charge is 0.371 e. The first-order valence-electron chi connectivity index (χ1n) is 8.27. The van der Waals surface area contributed by atoms with Gasteiger partial charge in [-0.25, -0.2) is 23.4 Å². The molecule has 0 aromatic carbocycles. The molecule has 5 heterocycles. The molecule has 3 aromatic heterocycles. The lowest BCUT2D eigenvalue weighted by Gasteiger charge is -2.40. The molecule has 0 amide bonds. The first-order valence-corrected chi connectivity index (χ1v) is 8.27. The summed E-state index contributed by atoms with van der Waals surface area (Å²) >= 11 is 0. The van der Waals surface area contributed by atoms with Crippen LogP contribution >= 0.6 is 0 Å². The van der Waals surface area contributed by atoms with E-state index in [1.165, 1.54) is 6.42 Å². The zero-order valence-corrected chi connectivity index (χ0v) is 13.4. The van der Waals surface area contributed by atoms with E-state index in [1.54, 1.807) is 22.0 Å². The van der Waals surface area contributed by atoms with Crippen LogP contribution in [-0.2, 0) is 0 Å². The Morgan fingerprint density at radius 2 is 1.84 bits per heavy atom. The van der Waals surface area contributed by atoms with Crippen LogP contribution in [0.4, 0.5) is 20.2 Å². The molecule has 2 aliphatic heterocycles. The second-order valence-corrected chi connectivity index (χ2v) is 6.60. The van der Waals surface area contributed by atoms with Crippen molar-refractivity contribution in [2.45, 2.75) is 12.3 Å². The Balaban J connectivity index is 1.46. The van der Waals surface area contributed by atoms with Gasteiger partial charge in [0.15, 0.2) is 11.5 Å². The molecule has 25 heavy (non-hydrogen) atoms. The fourth-order valence-corrected chi connectivity index (χ4v) is 3.19. The van der Waals surface area contributed by atoms with Crippen molar-refractivity contribution in [3.05, 3.63) is 36.8 Å². The van der Waals surface area contributed by atoms with Crippen molar-refractivity contribution in [3.63, 3.8) is 0 Å². The van der Waals surface area contributed by atoms with Crippen molar-refractivity contribution >= 4 is 22.4 Å². The Hall–Kier alpha value is -2.77. The molecule has 128 valence electrons. The number of nitrogens with zero attached hydrogens (tertiary/aromatic N) is 6. The smallest absolute Gasteiger partial charge is 0.282 e. The van der Waals surface area contributed by atoms with Gasteiger partial charge < -0.3 is 9.80 Å². The molecule has 5 rings (SSSR count). The van der Waals surface area contributed by atoms with Gasteiger partial charge in [-0.05, 0) is 18.6 Å². The summed E-state index contributed by atoms with van der Waals surface area (Å²) in [5.41, 5.74) is 2.40. The van der Waals surface area contributed by atoms with Crippen LogP contribution in [-0.4, -0.2) is 51.8 Å². The highest BCUT2D eigenvalue weighted by atomic mass is 19.3. The van der Waals surface area contributed by atoms with Gasteiger partial charge in [-0.15, -0.1) is 5.10 Å². The van der Waals surface area contributed by atoms with Gasteiger partial charge in [-0.3, -0.25) is 0 Å². The summed E-state index contributed by atoms with van der Waals surface area (Å²) < 4.78 is 27.8. The molecule has 2 saturated heterocycles. The number of fused-ring (bicyclic) bond motifs is 1. The maximum absolute atomic E-state index is 13.1. The highest BCUT2D eigenvalue weighted by Gasteiger charge is 2.44. The van der Waals surface area contributed by atoms with E-state index in [9.17, 15) is 8.78 Å². The molecule has 0 bridgehead atoms. The molecule has 2 aliphatic rings. The summed E-state index contributed by atoms with van der Waals surface area (Å²) in [5.74, 6) is -1.88. The molecule has 0 atom stereocenters. The van der Waals surface area contributed by atoms with Crippen LogP contribution in [0.3, 0.4) is 0 Å². The summed E-state index contributed by atoms with van der Waals surface area (Å²) in [6.07, 6.45) is 6.42. The van der Waals surface area contributed by atoms with Crippen LogP contribution in [0.25, 0.3) is 16.9 Å². The number of aromatic nitrogens is 4. The SMILES string of the molecule is FC1(F)CN(c2cnc3nn(-c4cc(N5CCC5)ccn4)cc3c2)C1. The number of anilines is 2. The van der Waals surface area contributed by atoms with Gasteiger partial charge in [-0.1, -0.05) is 0 Å². The quantitative estimate of drug-likeness (QED) is 0.732. The molecule has 2 fully saturated rings. The molecule has 0 radical (unpaired) electrons. The lowest BCUT2D eigenvalue weighted by atomic mass is 10.1. The second-order valence-electron chi connectivity index (χ2n) is 6.60. The molecule has 6 nitrogen and oxygen atoms in total. The number of halogens is 2. The third-order valence-corrected chi connectivity index (χ3v) is 4.74. The van der Waals surface area contributed by atoms with E-state index >= 15 is 0 Å². The van der Waals surface area contributed by atoms with E-state index in [0.29, 0.717) is 11.3 Å². The van der Waals surface area contributed by atoms with Crippen molar-refractivity contribution in [2.24, 2.45) is 0 Å². The summed E-state index contributed by atoms with van der Waals surface area (Å²) in [7, 11) is 0. The van der Waals surface area contributed by atoms with Crippen molar-refractivity contribution in [2.75, 3.05) is 36.0 Å². The van der Waals surface area contributed by atoms with Gasteiger partial charge in [0.05, 0.1) is 25.0 Å². The molecular formula is C17H16F2N6. The van der Waals surface area contributed by atoms with Gasteiger partial charge in [0.2, 0.25) is 0 Å². The second kappa shape index (κ2) is 5.11. The number of hydrogen-bond donors (Lipinski definition) is 0. The maximum atomic E-state index is 13.1. The average Bonchev–Trinajstić information content (AvgIpc) is 2.94. The fraction of sp³-hybridized carbons (Fsp3) is 0.353. The number of rotatable bonds is 3. The summed E-state index contributed by atoms with van der Waals surface area (Å²) in [6, 6.07) is 5.84. The highest BCUT2D eigenvalue weighted by Crippen LogP contribution is 2.32. The Labute approximate surface area is 142 Å². The molecule has 0 N–H and O–H groups in total. The maximum Gasteiger partial charge on any atom is 0.282 e. The number of pyridine rings is 2. The van der Waals surface area contributed by atoms with Crippen LogP contribution in [0.5, 0.6) is 0 Å². The number of alkyl halides is 2. The predicted molar refractivity (Wildman–Crippen MR) is 90.7 cm³/mol. The fourth-order valence-electron chi connectivity index (χ4n) is 3.19. The van der Waals surface area contributed by atoms with Gasteiger partial charge in [-0.2, -0.15) is 0 Å². The lowest BCUT2D eigenvalue weighted by Crippen LogP contribution is -2.56. The Morgan fingerprint density at radius 1 is 1.00 bits per heavy atom. The third-order valence-electron chi connectivity index (χ3n) is 4.74. The van der Waals surface area contributed by atoms with Gasteiger partial charge in [0, 0.05) is 42.6 Å². The minimum absolute atomic E-state index is 0.256. The van der Waals surface area contributed by atoms with Gasteiger partial charge >= 0.3 is 0 Å². The summed E-state index contributed by atoms with van der Waals surface area (Å²) in [4.78, 5) is 12.6. The van der Waals surface area contributed by atoms with E-state index in [4.69, 9.17) is 0 Å². The minimum Gasteiger partial charge on any atom is -0.371 e. The third kappa shape index (κ3) is 2.48. The van der Waals surface area contributed by atoms with Crippen molar-refractivity contribution in [1.29, 1.82) is 0 Å². The number of hydrogen-bond acceptors (Lipinski definition) is 5. The Bertz CT molecular complexity index is 941. The van der Waals surface area contributed by atoms with Crippen LogP contribution < -0.4 is 9.80 Å².